The molecule has 0 atom stereocenters. The van der Waals surface area contributed by atoms with E-state index in [4.69, 9.17) is 21.1 Å². The van der Waals surface area contributed by atoms with Gasteiger partial charge in [0, 0.05) is 16.6 Å². The molecule has 0 aliphatic rings. The maximum Gasteiger partial charge on any atom is 0.349 e. The maximum atomic E-state index is 12.5. The summed E-state index contributed by atoms with van der Waals surface area (Å²) >= 11 is 5.21. The van der Waals surface area contributed by atoms with Crippen LogP contribution in [0.2, 0.25) is 0 Å². The minimum Gasteiger partial charge on any atom is -0.436 e. The van der Waals surface area contributed by atoms with Crippen LogP contribution in [0.4, 0.5) is 5.69 Å². The SMILES string of the molecule is O=C(NC(=S)Nc1ccc(-c2nc3ccccc3o2)cc1)c1cc2ccccc2oc1=O. The number of carbonyl (C=O) groups excluding carboxylic acids is 1. The van der Waals surface area contributed by atoms with E-state index < -0.39 is 11.5 Å². The van der Waals surface area contributed by atoms with Gasteiger partial charge < -0.3 is 14.2 Å². The van der Waals surface area contributed by atoms with Crippen molar-refractivity contribution in [2.75, 3.05) is 5.32 Å². The number of benzene rings is 3. The van der Waals surface area contributed by atoms with Crippen LogP contribution in [0.25, 0.3) is 33.5 Å². The lowest BCUT2D eigenvalue weighted by molar-refractivity contribution is 0.0974. The number of carbonyl (C=O) groups is 1. The number of fused-ring (bicyclic) bond motifs is 2. The second kappa shape index (κ2) is 8.09. The quantitative estimate of drug-likeness (QED) is 0.309. The van der Waals surface area contributed by atoms with E-state index in [0.29, 0.717) is 28.1 Å². The van der Waals surface area contributed by atoms with E-state index in [9.17, 15) is 9.59 Å². The van der Waals surface area contributed by atoms with Gasteiger partial charge in [-0.3, -0.25) is 10.1 Å². The highest BCUT2D eigenvalue weighted by atomic mass is 32.1. The van der Waals surface area contributed by atoms with E-state index in [2.05, 4.69) is 15.6 Å². The number of anilines is 1. The molecule has 5 aromatic rings. The Bertz CT molecular complexity index is 1500. The zero-order valence-corrected chi connectivity index (χ0v) is 17.3. The molecule has 5 rings (SSSR count). The van der Waals surface area contributed by atoms with Crippen molar-refractivity contribution < 1.29 is 13.6 Å². The zero-order valence-electron chi connectivity index (χ0n) is 16.5. The summed E-state index contributed by atoms with van der Waals surface area (Å²) in [7, 11) is 0. The Morgan fingerprint density at radius 2 is 1.59 bits per heavy atom. The molecule has 0 saturated carbocycles. The van der Waals surface area contributed by atoms with Crippen LogP contribution in [0.3, 0.4) is 0 Å². The molecule has 2 N–H and O–H groups in total. The fraction of sp³-hybridized carbons (Fsp3) is 0. The van der Waals surface area contributed by atoms with Gasteiger partial charge in [0.25, 0.3) is 5.91 Å². The molecule has 0 radical (unpaired) electrons. The molecule has 0 aliphatic carbocycles. The summed E-state index contributed by atoms with van der Waals surface area (Å²) in [6, 6.07) is 23.2. The minimum atomic E-state index is -0.730. The van der Waals surface area contributed by atoms with Crippen molar-refractivity contribution in [1.82, 2.24) is 10.3 Å². The number of nitrogens with zero attached hydrogens (tertiary/aromatic N) is 1. The predicted octanol–water partition coefficient (Wildman–Crippen LogP) is 4.73. The molecular weight excluding hydrogens is 426 g/mol. The molecule has 0 aliphatic heterocycles. The van der Waals surface area contributed by atoms with Crippen LogP contribution in [-0.4, -0.2) is 16.0 Å². The van der Waals surface area contributed by atoms with Crippen LogP contribution in [-0.2, 0) is 0 Å². The maximum absolute atomic E-state index is 12.5. The molecule has 2 heterocycles. The third-order valence-corrected chi connectivity index (χ3v) is 5.00. The first-order chi connectivity index (χ1) is 15.6. The minimum absolute atomic E-state index is 0.0529. The summed E-state index contributed by atoms with van der Waals surface area (Å²) in [6.07, 6.45) is 0. The molecule has 0 spiro atoms. The van der Waals surface area contributed by atoms with Crippen LogP contribution in [0.15, 0.2) is 92.5 Å². The topological polar surface area (TPSA) is 97.4 Å². The van der Waals surface area contributed by atoms with E-state index in [0.717, 1.165) is 11.1 Å². The molecule has 2 aromatic heterocycles. The van der Waals surface area contributed by atoms with Crippen LogP contribution in [0, 0.1) is 0 Å². The Balaban J connectivity index is 1.28. The summed E-state index contributed by atoms with van der Waals surface area (Å²) in [5, 5.41) is 6.12. The normalized spacial score (nSPS) is 10.9. The molecular formula is C24H15N3O4S. The summed E-state index contributed by atoms with van der Waals surface area (Å²) in [5.74, 6) is -0.137. The number of hydrogen-bond donors (Lipinski definition) is 2. The number of thiocarbonyl (C=S) groups is 1. The number of nitrogens with one attached hydrogen (secondary N) is 2. The molecule has 1 amide bonds. The van der Waals surface area contributed by atoms with Crippen LogP contribution in [0.1, 0.15) is 10.4 Å². The van der Waals surface area contributed by atoms with Gasteiger partial charge >= 0.3 is 5.63 Å². The van der Waals surface area contributed by atoms with E-state index in [1.54, 1.807) is 36.4 Å². The van der Waals surface area contributed by atoms with Crippen molar-refractivity contribution in [2.24, 2.45) is 0 Å². The summed E-state index contributed by atoms with van der Waals surface area (Å²) in [6.45, 7) is 0. The highest BCUT2D eigenvalue weighted by Gasteiger charge is 2.15. The predicted molar refractivity (Wildman–Crippen MR) is 126 cm³/mol. The molecule has 0 bridgehead atoms. The zero-order chi connectivity index (χ0) is 22.1. The number of amides is 1. The Morgan fingerprint density at radius 1 is 0.875 bits per heavy atom. The van der Waals surface area contributed by atoms with E-state index in [1.165, 1.54) is 6.07 Å². The van der Waals surface area contributed by atoms with Gasteiger partial charge in [0.15, 0.2) is 10.7 Å². The monoisotopic (exact) mass is 441 g/mol. The van der Waals surface area contributed by atoms with Crippen LogP contribution >= 0.6 is 12.2 Å². The molecule has 32 heavy (non-hydrogen) atoms. The average Bonchev–Trinajstić information content (AvgIpc) is 3.23. The van der Waals surface area contributed by atoms with Gasteiger partial charge in [-0.25, -0.2) is 9.78 Å². The number of aromatic nitrogens is 1. The van der Waals surface area contributed by atoms with Crippen molar-refractivity contribution in [2.45, 2.75) is 0 Å². The Labute approximate surface area is 186 Å². The van der Waals surface area contributed by atoms with Gasteiger partial charge in [-0.2, -0.15) is 0 Å². The first-order valence-corrected chi connectivity index (χ1v) is 10.1. The number of hydrogen-bond acceptors (Lipinski definition) is 6. The second-order valence-corrected chi connectivity index (χ2v) is 7.37. The van der Waals surface area contributed by atoms with Crippen LogP contribution in [0.5, 0.6) is 0 Å². The Morgan fingerprint density at radius 3 is 2.38 bits per heavy atom. The number of oxazole rings is 1. The Hall–Kier alpha value is -4.30. The lowest BCUT2D eigenvalue weighted by atomic mass is 10.2. The fourth-order valence-corrected chi connectivity index (χ4v) is 3.46. The smallest absolute Gasteiger partial charge is 0.349 e. The van der Waals surface area contributed by atoms with Crippen molar-refractivity contribution in [3.63, 3.8) is 0 Å². The molecule has 0 fully saturated rings. The van der Waals surface area contributed by atoms with E-state index >= 15 is 0 Å². The first-order valence-electron chi connectivity index (χ1n) is 9.68. The van der Waals surface area contributed by atoms with Crippen molar-refractivity contribution in [3.8, 4) is 11.5 Å². The summed E-state index contributed by atoms with van der Waals surface area (Å²) in [5.41, 5.74) is 2.51. The molecule has 8 heteroatoms. The molecule has 0 unspecified atom stereocenters. The van der Waals surface area contributed by atoms with Crippen LogP contribution < -0.4 is 16.3 Å². The van der Waals surface area contributed by atoms with Gasteiger partial charge in [-0.1, -0.05) is 30.3 Å². The molecule has 7 nitrogen and oxygen atoms in total. The fourth-order valence-electron chi connectivity index (χ4n) is 3.24. The third kappa shape index (κ3) is 3.86. The summed E-state index contributed by atoms with van der Waals surface area (Å²) < 4.78 is 11.0. The van der Waals surface area contributed by atoms with Crippen molar-refractivity contribution in [1.29, 1.82) is 0 Å². The lowest BCUT2D eigenvalue weighted by Crippen LogP contribution is -2.36. The first kappa shape index (κ1) is 19.7. The van der Waals surface area contributed by atoms with Crippen molar-refractivity contribution >= 4 is 51.0 Å². The van der Waals surface area contributed by atoms with Gasteiger partial charge in [0.05, 0.1) is 0 Å². The molecule has 3 aromatic carbocycles. The Kier molecular flexibility index (Phi) is 4.97. The lowest BCUT2D eigenvalue weighted by Gasteiger charge is -2.09. The van der Waals surface area contributed by atoms with Gasteiger partial charge in [0.2, 0.25) is 5.89 Å². The van der Waals surface area contributed by atoms with E-state index in [1.807, 2.05) is 36.4 Å². The molecule has 156 valence electrons. The number of para-hydroxylation sites is 3. The average molecular weight is 441 g/mol. The number of rotatable bonds is 3. The highest BCUT2D eigenvalue weighted by molar-refractivity contribution is 7.80. The van der Waals surface area contributed by atoms with Gasteiger partial charge in [-0.05, 0) is 60.7 Å². The second-order valence-electron chi connectivity index (χ2n) is 6.96. The van der Waals surface area contributed by atoms with Crippen molar-refractivity contribution in [3.05, 3.63) is 94.8 Å². The summed E-state index contributed by atoms with van der Waals surface area (Å²) in [4.78, 5) is 29.1. The van der Waals surface area contributed by atoms with E-state index in [-0.39, 0.29) is 10.7 Å². The molecule has 0 saturated heterocycles. The highest BCUT2D eigenvalue weighted by Crippen LogP contribution is 2.25. The standard InChI is InChI=1S/C24H15N3O4S/c28-21(17-13-15-5-1-3-7-19(15)31-23(17)29)27-24(32)25-16-11-9-14(10-12-16)22-26-18-6-2-4-8-20(18)30-22/h1-13H,(H2,25,27,28,32). The largest absolute Gasteiger partial charge is 0.436 e. The van der Waals surface area contributed by atoms with Gasteiger partial charge in [0.1, 0.15) is 16.7 Å². The third-order valence-electron chi connectivity index (χ3n) is 4.80. The van der Waals surface area contributed by atoms with Gasteiger partial charge in [-0.15, -0.1) is 0 Å².